The van der Waals surface area contributed by atoms with Gasteiger partial charge < -0.3 is 15.2 Å². The lowest BCUT2D eigenvalue weighted by Crippen LogP contribution is -2.54. The van der Waals surface area contributed by atoms with E-state index >= 15 is 0 Å². The summed E-state index contributed by atoms with van der Waals surface area (Å²) in [6.45, 7) is 8.45. The third-order valence-corrected chi connectivity index (χ3v) is 7.82. The van der Waals surface area contributed by atoms with Crippen molar-refractivity contribution in [1.29, 1.82) is 0 Å². The minimum absolute atomic E-state index is 0.0136. The number of amidine groups is 1. The summed E-state index contributed by atoms with van der Waals surface area (Å²) < 4.78 is 0. The summed E-state index contributed by atoms with van der Waals surface area (Å²) in [6.07, 6.45) is 6.03. The molecule has 1 saturated heterocycles. The molecule has 0 aliphatic carbocycles. The van der Waals surface area contributed by atoms with Gasteiger partial charge in [0.05, 0.1) is 17.8 Å². The van der Waals surface area contributed by atoms with Crippen molar-refractivity contribution in [2.24, 2.45) is 5.10 Å². The van der Waals surface area contributed by atoms with E-state index in [1.165, 1.54) is 28.5 Å². The molecule has 3 heterocycles. The van der Waals surface area contributed by atoms with Crippen LogP contribution >= 0.6 is 11.8 Å². The van der Waals surface area contributed by atoms with Gasteiger partial charge in [-0.15, -0.1) is 0 Å². The molecule has 0 radical (unpaired) electrons. The fourth-order valence-electron chi connectivity index (χ4n) is 5.00. The van der Waals surface area contributed by atoms with Gasteiger partial charge in [0.2, 0.25) is 5.91 Å². The van der Waals surface area contributed by atoms with E-state index in [1.807, 2.05) is 25.3 Å². The Labute approximate surface area is 205 Å². The Bertz CT molecular complexity index is 1160. The van der Waals surface area contributed by atoms with Gasteiger partial charge in [0.1, 0.15) is 6.17 Å². The Kier molecular flexibility index (Phi) is 6.27. The van der Waals surface area contributed by atoms with E-state index in [4.69, 9.17) is 0 Å². The van der Waals surface area contributed by atoms with E-state index in [9.17, 15) is 4.79 Å². The van der Waals surface area contributed by atoms with Gasteiger partial charge >= 0.3 is 0 Å². The molecule has 7 nitrogen and oxygen atoms in total. The van der Waals surface area contributed by atoms with Crippen LogP contribution in [0.4, 0.5) is 5.69 Å². The van der Waals surface area contributed by atoms with E-state index < -0.39 is 0 Å². The number of nitrogens with one attached hydrogen (secondary N) is 3. The molecule has 34 heavy (non-hydrogen) atoms. The standard InChI is InChI=1S/C26H32N6OS/c1-5-19-8-6-7-18(4)24(19)27-23(33)15-34-26-29-28-25-22-14-21(30-32(22)12-11-31(25)26)20-13-16(2)9-10-17(20)3/h6-13,21-22,25,28,30H,5,14-15H2,1-4H3,(H,27,33). The topological polar surface area (TPSA) is 72.0 Å². The average molecular weight is 477 g/mol. The van der Waals surface area contributed by atoms with Gasteiger partial charge in [0, 0.05) is 18.1 Å². The van der Waals surface area contributed by atoms with Gasteiger partial charge in [-0.25, -0.2) is 5.43 Å². The second kappa shape index (κ2) is 9.35. The van der Waals surface area contributed by atoms with Crippen LogP contribution in [0.2, 0.25) is 0 Å². The fourth-order valence-corrected chi connectivity index (χ4v) is 5.77. The summed E-state index contributed by atoms with van der Waals surface area (Å²) in [5.74, 6) is 0.299. The zero-order valence-electron chi connectivity index (χ0n) is 20.1. The number of aryl methyl sites for hydroxylation is 4. The van der Waals surface area contributed by atoms with Crippen LogP contribution in [0, 0.1) is 20.8 Å². The first-order valence-corrected chi connectivity index (χ1v) is 12.9. The van der Waals surface area contributed by atoms with Crippen molar-refractivity contribution in [2.45, 2.75) is 58.8 Å². The second-order valence-corrected chi connectivity index (χ2v) is 10.2. The van der Waals surface area contributed by atoms with Crippen molar-refractivity contribution in [3.05, 3.63) is 76.6 Å². The predicted molar refractivity (Wildman–Crippen MR) is 139 cm³/mol. The van der Waals surface area contributed by atoms with Gasteiger partial charge in [-0.05, 0) is 55.9 Å². The zero-order chi connectivity index (χ0) is 23.8. The predicted octanol–water partition coefficient (Wildman–Crippen LogP) is 4.15. The Morgan fingerprint density at radius 1 is 1.18 bits per heavy atom. The highest BCUT2D eigenvalue weighted by Gasteiger charge is 2.44. The maximum absolute atomic E-state index is 12.7. The number of rotatable bonds is 5. The number of thioether (sulfide) groups is 1. The molecule has 1 amide bonds. The molecule has 5 rings (SSSR count). The first-order chi connectivity index (χ1) is 16.4. The maximum atomic E-state index is 12.7. The summed E-state index contributed by atoms with van der Waals surface area (Å²) in [4.78, 5) is 14.9. The number of hydrazine groups is 1. The minimum atomic E-state index is -0.0136. The Hall–Kier alpha value is -2.97. The minimum Gasteiger partial charge on any atom is -0.325 e. The summed E-state index contributed by atoms with van der Waals surface area (Å²) in [5, 5.41) is 10.7. The van der Waals surface area contributed by atoms with E-state index in [-0.39, 0.29) is 24.2 Å². The van der Waals surface area contributed by atoms with E-state index in [0.29, 0.717) is 5.75 Å². The molecule has 0 aromatic heterocycles. The smallest absolute Gasteiger partial charge is 0.234 e. The lowest BCUT2D eigenvalue weighted by atomic mass is 9.95. The van der Waals surface area contributed by atoms with Crippen LogP contribution in [0.15, 0.2) is 53.9 Å². The molecule has 2 aromatic rings. The highest BCUT2D eigenvalue weighted by atomic mass is 32.2. The molecular formula is C26H32N6OS. The Morgan fingerprint density at radius 2 is 2.03 bits per heavy atom. The molecule has 8 heteroatoms. The number of hydrazone groups is 1. The molecule has 3 atom stereocenters. The maximum Gasteiger partial charge on any atom is 0.234 e. The molecule has 1 fully saturated rings. The van der Waals surface area contributed by atoms with Crippen LogP contribution in [-0.4, -0.2) is 38.9 Å². The molecule has 0 bridgehead atoms. The van der Waals surface area contributed by atoms with Crippen molar-refractivity contribution < 1.29 is 4.79 Å². The van der Waals surface area contributed by atoms with Crippen molar-refractivity contribution in [1.82, 2.24) is 20.8 Å². The number of benzene rings is 2. The molecular weight excluding hydrogens is 444 g/mol. The third-order valence-electron chi connectivity index (χ3n) is 6.85. The molecule has 3 unspecified atom stereocenters. The van der Waals surface area contributed by atoms with Gasteiger partial charge in [-0.2, -0.15) is 5.10 Å². The summed E-state index contributed by atoms with van der Waals surface area (Å²) in [6, 6.07) is 13.3. The molecule has 0 saturated carbocycles. The van der Waals surface area contributed by atoms with Crippen molar-refractivity contribution in [2.75, 3.05) is 11.1 Å². The quantitative estimate of drug-likeness (QED) is 0.602. The lowest BCUT2D eigenvalue weighted by molar-refractivity contribution is -0.113. The number of fused-ring (bicyclic) bond motifs is 3. The number of para-hydroxylation sites is 1. The SMILES string of the molecule is CCc1cccc(C)c1NC(=O)CSC1=NNC2C3CC(c4cc(C)ccc4C)NN3C=CN12. The fraction of sp³-hybridized carbons (Fsp3) is 0.385. The van der Waals surface area contributed by atoms with Crippen LogP contribution in [0.5, 0.6) is 0 Å². The largest absolute Gasteiger partial charge is 0.325 e. The van der Waals surface area contributed by atoms with Crippen LogP contribution in [0.25, 0.3) is 0 Å². The molecule has 3 aliphatic rings. The van der Waals surface area contributed by atoms with Crippen molar-refractivity contribution >= 4 is 28.5 Å². The lowest BCUT2D eigenvalue weighted by Gasteiger charge is -2.36. The Morgan fingerprint density at radius 3 is 2.85 bits per heavy atom. The first-order valence-electron chi connectivity index (χ1n) is 11.9. The average Bonchev–Trinajstić information content (AvgIpc) is 3.44. The van der Waals surface area contributed by atoms with Crippen LogP contribution in [-0.2, 0) is 11.2 Å². The molecule has 3 N–H and O–H groups in total. The van der Waals surface area contributed by atoms with Gasteiger partial charge in [0.15, 0.2) is 5.17 Å². The zero-order valence-corrected chi connectivity index (χ0v) is 20.9. The number of carbonyl (C=O) groups is 1. The van der Waals surface area contributed by atoms with Crippen LogP contribution < -0.4 is 16.2 Å². The van der Waals surface area contributed by atoms with Gasteiger partial charge in [0.25, 0.3) is 0 Å². The Balaban J connectivity index is 1.21. The van der Waals surface area contributed by atoms with Crippen molar-refractivity contribution in [3.8, 4) is 0 Å². The van der Waals surface area contributed by atoms with E-state index in [0.717, 1.165) is 34.8 Å². The van der Waals surface area contributed by atoms with E-state index in [2.05, 4.69) is 82.4 Å². The number of hydrogen-bond donors (Lipinski definition) is 3. The number of amides is 1. The third kappa shape index (κ3) is 4.28. The summed E-state index contributed by atoms with van der Waals surface area (Å²) >= 11 is 1.46. The van der Waals surface area contributed by atoms with Crippen LogP contribution in [0.1, 0.15) is 47.2 Å². The first kappa shape index (κ1) is 22.8. The molecule has 3 aliphatic heterocycles. The van der Waals surface area contributed by atoms with Crippen molar-refractivity contribution in [3.63, 3.8) is 0 Å². The molecule has 0 spiro atoms. The monoisotopic (exact) mass is 476 g/mol. The normalized spacial score (nSPS) is 22.8. The molecule has 178 valence electrons. The van der Waals surface area contributed by atoms with Crippen LogP contribution in [0.3, 0.4) is 0 Å². The van der Waals surface area contributed by atoms with Gasteiger partial charge in [-0.3, -0.25) is 10.2 Å². The van der Waals surface area contributed by atoms with Gasteiger partial charge in [-0.1, -0.05) is 60.6 Å². The summed E-state index contributed by atoms with van der Waals surface area (Å²) in [5.41, 5.74) is 14.1. The number of nitrogens with zero attached hydrogens (tertiary/aromatic N) is 3. The summed E-state index contributed by atoms with van der Waals surface area (Å²) in [7, 11) is 0. The molecule has 2 aromatic carbocycles. The highest BCUT2D eigenvalue weighted by molar-refractivity contribution is 8.14. The van der Waals surface area contributed by atoms with E-state index in [1.54, 1.807) is 0 Å². The number of hydrogen-bond acceptors (Lipinski definition) is 7. The number of carbonyl (C=O) groups excluding carboxylic acids is 1. The second-order valence-electron chi connectivity index (χ2n) is 9.23. The number of anilines is 1. The highest BCUT2D eigenvalue weighted by Crippen LogP contribution is 2.36.